The van der Waals surface area contributed by atoms with Gasteiger partial charge in [-0.15, -0.1) is 0 Å². The molecule has 4 aromatic rings. The zero-order valence-electron chi connectivity index (χ0n) is 12.7. The van der Waals surface area contributed by atoms with Gasteiger partial charge in [0, 0.05) is 13.3 Å². The molecular formula is C17H14N4OS. The molecule has 0 saturated carbocycles. The first-order valence-corrected chi connectivity index (χ1v) is 8.06. The topological polar surface area (TPSA) is 51.2 Å². The number of nitrogens with zero attached hydrogens (tertiary/aromatic N) is 4. The summed E-state index contributed by atoms with van der Waals surface area (Å²) >= 11 is 1.67. The van der Waals surface area contributed by atoms with Gasteiger partial charge in [-0.05, 0) is 31.2 Å². The molecule has 0 radical (unpaired) electrons. The van der Waals surface area contributed by atoms with Crippen LogP contribution in [0.1, 0.15) is 12.5 Å². The third-order valence-electron chi connectivity index (χ3n) is 3.64. The minimum Gasteiger partial charge on any atom is -0.337 e. The van der Waals surface area contributed by atoms with Gasteiger partial charge in [0.1, 0.15) is 5.52 Å². The Hall–Kier alpha value is -2.73. The first-order valence-electron chi connectivity index (χ1n) is 7.24. The lowest BCUT2D eigenvalue weighted by molar-refractivity contribution is 0.331. The van der Waals surface area contributed by atoms with Crippen LogP contribution in [0.15, 0.2) is 52.6 Å². The third kappa shape index (κ3) is 2.10. The maximum Gasteiger partial charge on any atom is 0.253 e. The molecule has 2 aromatic heterocycles. The molecule has 2 heterocycles. The molecule has 0 saturated heterocycles. The van der Waals surface area contributed by atoms with E-state index in [2.05, 4.69) is 32.7 Å². The predicted molar refractivity (Wildman–Crippen MR) is 95.8 cm³/mol. The summed E-state index contributed by atoms with van der Waals surface area (Å²) in [6.07, 6.45) is 1.59. The Balaban J connectivity index is 2.03. The summed E-state index contributed by atoms with van der Waals surface area (Å²) in [5.41, 5.74) is 3.92. The van der Waals surface area contributed by atoms with E-state index in [4.69, 9.17) is 9.82 Å². The molecule has 23 heavy (non-hydrogen) atoms. The number of hydrogen-bond donors (Lipinski definition) is 0. The van der Waals surface area contributed by atoms with E-state index in [-0.39, 0.29) is 0 Å². The normalized spacial score (nSPS) is 12.9. The molecule has 2 aromatic carbocycles. The molecule has 0 spiro atoms. The summed E-state index contributed by atoms with van der Waals surface area (Å²) in [4.78, 5) is 15.3. The standard InChI is InChI=1S/C17H14N4OS/c1-3-19-22-16(18-2)11-7-6-9-13-15(11)20-17-21(13)12-8-4-5-10-14(12)23-17/h3-10H,1-2H3/b18-16?,19-3+. The zero-order valence-corrected chi connectivity index (χ0v) is 13.5. The number of oxime groups is 1. The molecule has 6 heteroatoms. The summed E-state index contributed by atoms with van der Waals surface area (Å²) in [6.45, 7) is 1.80. The van der Waals surface area contributed by atoms with Gasteiger partial charge < -0.3 is 4.84 Å². The molecule has 5 nitrogen and oxygen atoms in total. The lowest BCUT2D eigenvalue weighted by atomic mass is 10.2. The number of imidazole rings is 1. The lowest BCUT2D eigenvalue weighted by Crippen LogP contribution is -2.04. The first kappa shape index (κ1) is 13.9. The van der Waals surface area contributed by atoms with Crippen LogP contribution in [0.2, 0.25) is 0 Å². The number of para-hydroxylation sites is 2. The van der Waals surface area contributed by atoms with Crippen molar-refractivity contribution in [2.24, 2.45) is 10.1 Å². The monoisotopic (exact) mass is 322 g/mol. The molecule has 0 bridgehead atoms. The van der Waals surface area contributed by atoms with Gasteiger partial charge in [0.15, 0.2) is 4.96 Å². The number of thiazole rings is 1. The van der Waals surface area contributed by atoms with Gasteiger partial charge in [-0.2, -0.15) is 0 Å². The van der Waals surface area contributed by atoms with Crippen LogP contribution in [0.25, 0.3) is 26.2 Å². The van der Waals surface area contributed by atoms with Crippen LogP contribution in [0, 0.1) is 0 Å². The molecule has 0 fully saturated rings. The van der Waals surface area contributed by atoms with Crippen molar-refractivity contribution in [2.75, 3.05) is 7.05 Å². The Morgan fingerprint density at radius 3 is 2.83 bits per heavy atom. The van der Waals surface area contributed by atoms with E-state index in [9.17, 15) is 0 Å². The number of benzene rings is 2. The van der Waals surface area contributed by atoms with Crippen molar-refractivity contribution >= 4 is 49.7 Å². The predicted octanol–water partition coefficient (Wildman–Crippen LogP) is 4.10. The highest BCUT2D eigenvalue weighted by molar-refractivity contribution is 7.23. The number of aromatic nitrogens is 2. The Morgan fingerprint density at radius 1 is 1.17 bits per heavy atom. The molecule has 0 amide bonds. The fraction of sp³-hybridized carbons (Fsp3) is 0.118. The van der Waals surface area contributed by atoms with Gasteiger partial charge in [-0.3, -0.25) is 9.39 Å². The van der Waals surface area contributed by atoms with Crippen molar-refractivity contribution in [1.82, 2.24) is 9.38 Å². The highest BCUT2D eigenvalue weighted by Crippen LogP contribution is 2.31. The number of fused-ring (bicyclic) bond motifs is 5. The minimum atomic E-state index is 0.462. The molecule has 0 aliphatic rings. The molecule has 0 N–H and O–H groups in total. The molecule has 0 atom stereocenters. The highest BCUT2D eigenvalue weighted by Gasteiger charge is 2.16. The fourth-order valence-corrected chi connectivity index (χ4v) is 3.72. The maximum atomic E-state index is 5.37. The van der Waals surface area contributed by atoms with Crippen LogP contribution in [0.5, 0.6) is 0 Å². The average molecular weight is 322 g/mol. The second kappa shape index (κ2) is 5.48. The molecule has 4 rings (SSSR count). The molecular weight excluding hydrogens is 308 g/mol. The highest BCUT2D eigenvalue weighted by atomic mass is 32.1. The van der Waals surface area contributed by atoms with Crippen molar-refractivity contribution in [3.8, 4) is 0 Å². The summed E-state index contributed by atoms with van der Waals surface area (Å²) < 4.78 is 3.40. The second-order valence-corrected chi connectivity index (χ2v) is 5.97. The summed E-state index contributed by atoms with van der Waals surface area (Å²) in [6, 6.07) is 14.3. The molecule has 114 valence electrons. The van der Waals surface area contributed by atoms with E-state index >= 15 is 0 Å². The minimum absolute atomic E-state index is 0.462. The zero-order chi connectivity index (χ0) is 15.8. The first-order chi connectivity index (χ1) is 11.3. The molecule has 0 aliphatic heterocycles. The lowest BCUT2D eigenvalue weighted by Gasteiger charge is -2.03. The average Bonchev–Trinajstić information content (AvgIpc) is 3.11. The Morgan fingerprint density at radius 2 is 2.00 bits per heavy atom. The summed E-state index contributed by atoms with van der Waals surface area (Å²) in [5.74, 6) is 0.462. The van der Waals surface area contributed by atoms with Crippen LogP contribution in [-0.2, 0) is 4.84 Å². The Labute approximate surface area is 136 Å². The third-order valence-corrected chi connectivity index (χ3v) is 4.66. The number of aliphatic imine (C=N–C) groups is 1. The van der Waals surface area contributed by atoms with Gasteiger partial charge in [-0.1, -0.05) is 34.7 Å². The van der Waals surface area contributed by atoms with Crippen molar-refractivity contribution in [3.63, 3.8) is 0 Å². The van der Waals surface area contributed by atoms with Crippen molar-refractivity contribution in [1.29, 1.82) is 0 Å². The van der Waals surface area contributed by atoms with E-state index in [0.717, 1.165) is 27.1 Å². The molecule has 0 unspecified atom stereocenters. The Bertz CT molecular complexity index is 1070. The van der Waals surface area contributed by atoms with Gasteiger partial charge in [0.05, 0.1) is 21.3 Å². The van der Waals surface area contributed by atoms with Crippen molar-refractivity contribution < 1.29 is 4.84 Å². The van der Waals surface area contributed by atoms with Crippen LogP contribution in [-0.4, -0.2) is 28.5 Å². The summed E-state index contributed by atoms with van der Waals surface area (Å²) in [7, 11) is 1.69. The number of rotatable bonds is 2. The van der Waals surface area contributed by atoms with Crippen LogP contribution in [0.4, 0.5) is 0 Å². The smallest absolute Gasteiger partial charge is 0.253 e. The quantitative estimate of drug-likeness (QED) is 0.317. The van der Waals surface area contributed by atoms with Gasteiger partial charge >= 0.3 is 0 Å². The largest absolute Gasteiger partial charge is 0.337 e. The van der Waals surface area contributed by atoms with Gasteiger partial charge in [-0.25, -0.2) is 4.98 Å². The van der Waals surface area contributed by atoms with E-state index < -0.39 is 0 Å². The SMILES string of the molecule is C/C=N/OC(=NC)c1cccc2c1nc1sc3ccccc3n12. The van der Waals surface area contributed by atoms with E-state index in [0.29, 0.717) is 5.90 Å². The van der Waals surface area contributed by atoms with E-state index in [1.807, 2.05) is 24.3 Å². The van der Waals surface area contributed by atoms with E-state index in [1.54, 1.807) is 31.5 Å². The van der Waals surface area contributed by atoms with Crippen molar-refractivity contribution in [3.05, 3.63) is 48.0 Å². The van der Waals surface area contributed by atoms with Crippen LogP contribution >= 0.6 is 11.3 Å². The van der Waals surface area contributed by atoms with Crippen LogP contribution < -0.4 is 0 Å². The van der Waals surface area contributed by atoms with Gasteiger partial charge in [0.2, 0.25) is 0 Å². The van der Waals surface area contributed by atoms with Gasteiger partial charge in [0.25, 0.3) is 5.90 Å². The summed E-state index contributed by atoms with van der Waals surface area (Å²) in [5, 5.41) is 3.83. The maximum absolute atomic E-state index is 5.37. The van der Waals surface area contributed by atoms with Crippen LogP contribution in [0.3, 0.4) is 0 Å². The fourth-order valence-electron chi connectivity index (χ4n) is 2.69. The number of hydrogen-bond acceptors (Lipinski definition) is 5. The second-order valence-electron chi connectivity index (χ2n) is 4.96. The Kier molecular flexibility index (Phi) is 3.31. The van der Waals surface area contributed by atoms with Crippen molar-refractivity contribution in [2.45, 2.75) is 6.92 Å². The molecule has 0 aliphatic carbocycles. The van der Waals surface area contributed by atoms with E-state index in [1.165, 1.54) is 4.70 Å².